The molecule has 0 aromatic heterocycles. The van der Waals surface area contributed by atoms with Gasteiger partial charge in [-0.1, -0.05) is 13.8 Å². The summed E-state index contributed by atoms with van der Waals surface area (Å²) in [6.07, 6.45) is 0. The van der Waals surface area contributed by atoms with E-state index in [0.29, 0.717) is 0 Å². The third-order valence-electron chi connectivity index (χ3n) is 0. The van der Waals surface area contributed by atoms with E-state index in [-0.39, 0.29) is 6.47 Å². The molecule has 0 radical (unpaired) electrons. The quantitative estimate of drug-likeness (QED) is 0.432. The van der Waals surface area contributed by atoms with Gasteiger partial charge in [-0.3, -0.25) is 4.79 Å². The Kier molecular flexibility index (Phi) is 169. The lowest BCUT2D eigenvalue weighted by Crippen LogP contribution is -1.49. The number of hydrogen-bond donors (Lipinski definition) is 1. The third kappa shape index (κ3) is 26.7. The van der Waals surface area contributed by atoms with Crippen LogP contribution in [0.5, 0.6) is 0 Å². The van der Waals surface area contributed by atoms with Crippen molar-refractivity contribution in [3.63, 3.8) is 0 Å². The van der Waals surface area contributed by atoms with Gasteiger partial charge < -0.3 is 5.11 Å². The van der Waals surface area contributed by atoms with E-state index in [9.17, 15) is 0 Å². The first-order valence-electron chi connectivity index (χ1n) is 1.49. The molecule has 0 aromatic carbocycles. The highest BCUT2D eigenvalue weighted by molar-refractivity contribution is 5.32. The fourth-order valence-corrected chi connectivity index (χ4v) is 0. The Hall–Kier alpha value is -0.530. The van der Waals surface area contributed by atoms with Crippen molar-refractivity contribution in [3.8, 4) is 0 Å². The Bertz CT molecular complexity index is 12.4. The zero-order valence-electron chi connectivity index (χ0n) is 3.43. The summed E-state index contributed by atoms with van der Waals surface area (Å²) >= 11 is 0. The van der Waals surface area contributed by atoms with Crippen molar-refractivity contribution < 1.29 is 9.90 Å². The van der Waals surface area contributed by atoms with Gasteiger partial charge in [-0.2, -0.15) is 0 Å². The Morgan fingerprint density at radius 2 is 1.60 bits per heavy atom. The number of hydrogen-bond acceptors (Lipinski definition) is 1. The maximum atomic E-state index is 8.36. The third-order valence-corrected chi connectivity index (χ3v) is 0. The molecule has 0 aliphatic carbocycles. The Morgan fingerprint density at radius 1 is 1.60 bits per heavy atom. The van der Waals surface area contributed by atoms with Gasteiger partial charge in [-0.05, 0) is 0 Å². The van der Waals surface area contributed by atoms with Crippen LogP contribution in [0, 0.1) is 0 Å². The highest BCUT2D eigenvalue weighted by atomic mass is 16.3. The molecule has 0 saturated carbocycles. The van der Waals surface area contributed by atoms with Gasteiger partial charge in [0.05, 0.1) is 0 Å². The standard InChI is InChI=1S/C2H6.CH2O2/c1-2;2-1-3/h1-2H3;1H,(H,2,3). The second-order valence-electron chi connectivity index (χ2n) is 0.105. The van der Waals surface area contributed by atoms with E-state index in [1.54, 1.807) is 0 Å². The molecule has 1 N–H and O–H groups in total. The molecule has 0 aliphatic heterocycles. The van der Waals surface area contributed by atoms with Crippen molar-refractivity contribution in [2.24, 2.45) is 0 Å². The van der Waals surface area contributed by atoms with Gasteiger partial charge >= 0.3 is 0 Å². The average molecular weight is 76.1 g/mol. The molecule has 0 unspecified atom stereocenters. The Morgan fingerprint density at radius 3 is 1.60 bits per heavy atom. The normalized spacial score (nSPS) is 3.60. The maximum Gasteiger partial charge on any atom is 0.290 e. The Labute approximate surface area is 31.4 Å². The minimum atomic E-state index is -0.250. The van der Waals surface area contributed by atoms with E-state index >= 15 is 0 Å². The molecular weight excluding hydrogens is 68.0 g/mol. The second-order valence-corrected chi connectivity index (χ2v) is 0.105. The van der Waals surface area contributed by atoms with Gasteiger partial charge in [0.2, 0.25) is 0 Å². The zero-order valence-corrected chi connectivity index (χ0v) is 3.43. The molecule has 5 heavy (non-hydrogen) atoms. The topological polar surface area (TPSA) is 37.3 Å². The minimum absolute atomic E-state index is 0.250. The first-order valence-corrected chi connectivity index (χ1v) is 1.49. The first kappa shape index (κ1) is 8.82. The summed E-state index contributed by atoms with van der Waals surface area (Å²) in [7, 11) is 0. The molecule has 0 aromatic rings. The van der Waals surface area contributed by atoms with E-state index in [0.717, 1.165) is 0 Å². The van der Waals surface area contributed by atoms with Crippen LogP contribution < -0.4 is 0 Å². The highest BCUT2D eigenvalue weighted by Crippen LogP contribution is 1.14. The van der Waals surface area contributed by atoms with E-state index in [1.165, 1.54) is 0 Å². The van der Waals surface area contributed by atoms with E-state index < -0.39 is 0 Å². The van der Waals surface area contributed by atoms with Crippen LogP contribution in [0.25, 0.3) is 0 Å². The molecule has 2 nitrogen and oxygen atoms in total. The van der Waals surface area contributed by atoms with Crippen LogP contribution in [0.1, 0.15) is 13.8 Å². The minimum Gasteiger partial charge on any atom is -0.483 e. The van der Waals surface area contributed by atoms with Crippen LogP contribution in [0.15, 0.2) is 0 Å². The molecule has 32 valence electrons. The Balaban J connectivity index is 0. The van der Waals surface area contributed by atoms with Crippen molar-refractivity contribution in [1.29, 1.82) is 0 Å². The van der Waals surface area contributed by atoms with Crippen LogP contribution in [0.2, 0.25) is 0 Å². The van der Waals surface area contributed by atoms with Crippen LogP contribution in [0.3, 0.4) is 0 Å². The molecule has 0 amide bonds. The lowest BCUT2D eigenvalue weighted by atomic mass is 11.0. The average Bonchev–Trinajstić information content (AvgIpc) is 1.46. The number of rotatable bonds is 0. The van der Waals surface area contributed by atoms with Crippen LogP contribution in [-0.4, -0.2) is 11.6 Å². The van der Waals surface area contributed by atoms with Crippen molar-refractivity contribution in [3.05, 3.63) is 0 Å². The number of carbonyl (C=O) groups is 1. The molecular formula is C3H8O2. The largest absolute Gasteiger partial charge is 0.483 e. The van der Waals surface area contributed by atoms with Gasteiger partial charge in [0.25, 0.3) is 6.47 Å². The molecule has 0 atom stereocenters. The highest BCUT2D eigenvalue weighted by Gasteiger charge is 1.22. The van der Waals surface area contributed by atoms with Crippen LogP contribution >= 0.6 is 0 Å². The second kappa shape index (κ2) is 95.8. The van der Waals surface area contributed by atoms with Gasteiger partial charge in [0.15, 0.2) is 0 Å². The van der Waals surface area contributed by atoms with E-state index in [4.69, 9.17) is 9.90 Å². The van der Waals surface area contributed by atoms with Gasteiger partial charge in [0.1, 0.15) is 0 Å². The number of carboxylic acid groups (broad SMARTS) is 1. The maximum absolute atomic E-state index is 8.36. The smallest absolute Gasteiger partial charge is 0.290 e. The first-order chi connectivity index (χ1) is 2.41. The van der Waals surface area contributed by atoms with Gasteiger partial charge in [-0.15, -0.1) is 0 Å². The van der Waals surface area contributed by atoms with E-state index in [1.807, 2.05) is 13.8 Å². The summed E-state index contributed by atoms with van der Waals surface area (Å²) in [5, 5.41) is 6.89. The zero-order chi connectivity index (χ0) is 4.71. The SMILES string of the molecule is CC.O=CO. The van der Waals surface area contributed by atoms with Crippen molar-refractivity contribution in [1.82, 2.24) is 0 Å². The van der Waals surface area contributed by atoms with Gasteiger partial charge in [0, 0.05) is 0 Å². The van der Waals surface area contributed by atoms with Crippen molar-refractivity contribution in [2.75, 3.05) is 0 Å². The predicted octanol–water partition coefficient (Wildman–Crippen LogP) is 0.727. The predicted molar refractivity (Wildman–Crippen MR) is 20.0 cm³/mol. The van der Waals surface area contributed by atoms with Crippen molar-refractivity contribution >= 4 is 6.47 Å². The summed E-state index contributed by atoms with van der Waals surface area (Å²) < 4.78 is 0. The monoisotopic (exact) mass is 76.1 g/mol. The summed E-state index contributed by atoms with van der Waals surface area (Å²) in [4.78, 5) is 8.36. The molecule has 2 heteroatoms. The van der Waals surface area contributed by atoms with Crippen LogP contribution in [0.4, 0.5) is 0 Å². The summed E-state index contributed by atoms with van der Waals surface area (Å²) in [6.45, 7) is 3.75. The van der Waals surface area contributed by atoms with Crippen molar-refractivity contribution in [2.45, 2.75) is 13.8 Å². The molecule has 0 spiro atoms. The molecule has 0 fully saturated rings. The van der Waals surface area contributed by atoms with Crippen LogP contribution in [-0.2, 0) is 4.79 Å². The van der Waals surface area contributed by atoms with Gasteiger partial charge in [-0.25, -0.2) is 0 Å². The molecule has 0 heterocycles. The lowest BCUT2D eigenvalue weighted by Gasteiger charge is -1.34. The summed E-state index contributed by atoms with van der Waals surface area (Å²) in [6, 6.07) is 0. The molecule has 0 bridgehead atoms. The fourth-order valence-electron chi connectivity index (χ4n) is 0. The summed E-state index contributed by atoms with van der Waals surface area (Å²) in [5.41, 5.74) is 0. The summed E-state index contributed by atoms with van der Waals surface area (Å²) in [5.74, 6) is 0. The molecule has 0 rings (SSSR count). The molecule has 0 saturated heterocycles. The molecule has 0 aliphatic rings. The lowest BCUT2D eigenvalue weighted by molar-refractivity contribution is -0.122. The van der Waals surface area contributed by atoms with E-state index in [2.05, 4.69) is 0 Å². The fraction of sp³-hybridized carbons (Fsp3) is 0.667.